The van der Waals surface area contributed by atoms with E-state index in [0.717, 1.165) is 10.9 Å². The first-order valence-corrected chi connectivity index (χ1v) is 7.52. The maximum absolute atomic E-state index is 5.79. The van der Waals surface area contributed by atoms with E-state index in [0.29, 0.717) is 0 Å². The van der Waals surface area contributed by atoms with Gasteiger partial charge in [0.1, 0.15) is 0 Å². The summed E-state index contributed by atoms with van der Waals surface area (Å²) in [5, 5.41) is 0. The Morgan fingerprint density at radius 3 is 2.44 bits per heavy atom. The number of benzene rings is 2. The third-order valence-corrected chi connectivity index (χ3v) is 4.00. The molecule has 0 bridgehead atoms. The zero-order valence-electron chi connectivity index (χ0n) is 10.3. The van der Waals surface area contributed by atoms with Crippen molar-refractivity contribution in [1.82, 2.24) is 0 Å². The Morgan fingerprint density at radius 1 is 1.11 bits per heavy atom. The van der Waals surface area contributed by atoms with Crippen LogP contribution in [0.25, 0.3) is 0 Å². The Kier molecular flexibility index (Phi) is 4.87. The minimum Gasteiger partial charge on any atom is -0.328 e. The molecule has 0 spiro atoms. The molecular weight excluding hydrogens is 306 g/mol. The molecule has 0 saturated carbocycles. The van der Waals surface area contributed by atoms with Crippen LogP contribution in [0.2, 0.25) is 0 Å². The summed E-state index contributed by atoms with van der Waals surface area (Å²) in [5.74, 6) is 0. The summed E-state index contributed by atoms with van der Waals surface area (Å²) in [5.41, 5.74) is 7.09. The molecule has 3 heteroatoms. The maximum Gasteiger partial charge on any atom is 0.0186 e. The van der Waals surface area contributed by atoms with Gasteiger partial charge in [0.15, 0.2) is 0 Å². The third kappa shape index (κ3) is 4.16. The van der Waals surface area contributed by atoms with Crippen LogP contribution in [-0.4, -0.2) is 6.04 Å². The van der Waals surface area contributed by atoms with Gasteiger partial charge in [-0.1, -0.05) is 45.9 Å². The highest BCUT2D eigenvalue weighted by Crippen LogP contribution is 2.29. The van der Waals surface area contributed by atoms with Crippen LogP contribution >= 0.6 is 27.7 Å². The fourth-order valence-corrected chi connectivity index (χ4v) is 3.16. The summed E-state index contributed by atoms with van der Waals surface area (Å²) < 4.78 is 1.11. The van der Waals surface area contributed by atoms with Gasteiger partial charge < -0.3 is 5.73 Å². The van der Waals surface area contributed by atoms with E-state index in [9.17, 15) is 0 Å². The average molecular weight is 322 g/mol. The van der Waals surface area contributed by atoms with Crippen LogP contribution in [0.5, 0.6) is 0 Å². The molecule has 1 atom stereocenters. The van der Waals surface area contributed by atoms with Gasteiger partial charge in [-0.2, -0.15) is 0 Å². The van der Waals surface area contributed by atoms with Gasteiger partial charge in [-0.05, 0) is 49.2 Å². The molecule has 0 saturated heterocycles. The largest absolute Gasteiger partial charge is 0.328 e. The fourth-order valence-electron chi connectivity index (χ4n) is 1.73. The molecule has 0 heterocycles. The zero-order chi connectivity index (χ0) is 13.0. The number of nitrogens with two attached hydrogens (primary N) is 1. The molecule has 2 N–H and O–H groups in total. The van der Waals surface area contributed by atoms with Gasteiger partial charge in [-0.15, -0.1) is 0 Å². The van der Waals surface area contributed by atoms with Crippen LogP contribution in [-0.2, 0) is 6.42 Å². The second-order valence-electron chi connectivity index (χ2n) is 4.38. The van der Waals surface area contributed by atoms with E-state index in [1.54, 1.807) is 11.8 Å². The fraction of sp³-hybridized carbons (Fsp3) is 0.200. The SMILES string of the molecule is CC(N)Cc1ccc(Sc2cccc(Br)c2)cc1. The summed E-state index contributed by atoms with van der Waals surface area (Å²) >= 11 is 5.26. The van der Waals surface area contributed by atoms with Gasteiger partial charge in [0.2, 0.25) is 0 Å². The Hall–Kier alpha value is -0.770. The second-order valence-corrected chi connectivity index (χ2v) is 6.45. The first-order valence-electron chi connectivity index (χ1n) is 5.91. The lowest BCUT2D eigenvalue weighted by Crippen LogP contribution is -2.17. The summed E-state index contributed by atoms with van der Waals surface area (Å²) in [6, 6.07) is 17.2. The highest BCUT2D eigenvalue weighted by Gasteiger charge is 2.00. The highest BCUT2D eigenvalue weighted by atomic mass is 79.9. The Morgan fingerprint density at radius 2 is 1.83 bits per heavy atom. The molecule has 0 fully saturated rings. The van der Waals surface area contributed by atoms with Crippen molar-refractivity contribution in [2.75, 3.05) is 0 Å². The first kappa shape index (κ1) is 13.7. The Labute approximate surface area is 121 Å². The Bertz CT molecular complexity index is 508. The molecule has 0 aliphatic rings. The highest BCUT2D eigenvalue weighted by molar-refractivity contribution is 9.10. The first-order chi connectivity index (χ1) is 8.63. The van der Waals surface area contributed by atoms with Gasteiger partial charge in [-0.3, -0.25) is 0 Å². The van der Waals surface area contributed by atoms with Crippen LogP contribution < -0.4 is 5.73 Å². The quantitative estimate of drug-likeness (QED) is 0.897. The van der Waals surface area contributed by atoms with E-state index in [2.05, 4.69) is 58.4 Å². The van der Waals surface area contributed by atoms with Gasteiger partial charge in [0.25, 0.3) is 0 Å². The summed E-state index contributed by atoms with van der Waals surface area (Å²) in [6.45, 7) is 2.03. The molecule has 0 aromatic heterocycles. The van der Waals surface area contributed by atoms with E-state index in [-0.39, 0.29) is 6.04 Å². The van der Waals surface area contributed by atoms with Gasteiger partial charge in [-0.25, -0.2) is 0 Å². The van der Waals surface area contributed by atoms with Crippen molar-refractivity contribution < 1.29 is 0 Å². The van der Waals surface area contributed by atoms with Gasteiger partial charge in [0.05, 0.1) is 0 Å². The minimum atomic E-state index is 0.216. The average Bonchev–Trinajstić information content (AvgIpc) is 2.31. The van der Waals surface area contributed by atoms with E-state index in [4.69, 9.17) is 5.73 Å². The number of halogens is 1. The molecule has 0 radical (unpaired) electrons. The molecule has 0 amide bonds. The van der Waals surface area contributed by atoms with Crippen molar-refractivity contribution in [3.8, 4) is 0 Å². The number of hydrogen-bond acceptors (Lipinski definition) is 2. The topological polar surface area (TPSA) is 26.0 Å². The summed E-state index contributed by atoms with van der Waals surface area (Å²) in [4.78, 5) is 2.49. The Balaban J connectivity index is 2.06. The van der Waals surface area contributed by atoms with E-state index in [1.165, 1.54) is 15.4 Å². The molecule has 94 valence electrons. The van der Waals surface area contributed by atoms with Gasteiger partial charge in [0, 0.05) is 20.3 Å². The van der Waals surface area contributed by atoms with Crippen LogP contribution in [0.3, 0.4) is 0 Å². The van der Waals surface area contributed by atoms with Crippen molar-refractivity contribution in [3.05, 3.63) is 58.6 Å². The number of rotatable bonds is 4. The molecule has 1 unspecified atom stereocenters. The zero-order valence-corrected chi connectivity index (χ0v) is 12.7. The van der Waals surface area contributed by atoms with Crippen LogP contribution in [0.4, 0.5) is 0 Å². The minimum absolute atomic E-state index is 0.216. The smallest absolute Gasteiger partial charge is 0.0186 e. The maximum atomic E-state index is 5.79. The van der Waals surface area contributed by atoms with E-state index < -0.39 is 0 Å². The van der Waals surface area contributed by atoms with Crippen molar-refractivity contribution in [3.63, 3.8) is 0 Å². The monoisotopic (exact) mass is 321 g/mol. The lowest BCUT2D eigenvalue weighted by molar-refractivity contribution is 0.737. The predicted molar refractivity (Wildman–Crippen MR) is 82.1 cm³/mol. The third-order valence-electron chi connectivity index (χ3n) is 2.51. The summed E-state index contributed by atoms with van der Waals surface area (Å²) in [7, 11) is 0. The lowest BCUT2D eigenvalue weighted by atomic mass is 10.1. The molecule has 2 aromatic rings. The molecule has 0 aliphatic carbocycles. The number of hydrogen-bond donors (Lipinski definition) is 1. The van der Waals surface area contributed by atoms with E-state index >= 15 is 0 Å². The lowest BCUT2D eigenvalue weighted by Gasteiger charge is -2.06. The predicted octanol–water partition coefficient (Wildman–Crippen LogP) is 4.49. The molecule has 2 rings (SSSR count). The van der Waals surface area contributed by atoms with Crippen LogP contribution in [0, 0.1) is 0 Å². The molecular formula is C15H16BrNS. The van der Waals surface area contributed by atoms with Crippen molar-refractivity contribution >= 4 is 27.7 Å². The van der Waals surface area contributed by atoms with Gasteiger partial charge >= 0.3 is 0 Å². The van der Waals surface area contributed by atoms with Crippen molar-refractivity contribution in [1.29, 1.82) is 0 Å². The summed E-state index contributed by atoms with van der Waals surface area (Å²) in [6.07, 6.45) is 0.932. The van der Waals surface area contributed by atoms with Crippen LogP contribution in [0.1, 0.15) is 12.5 Å². The molecule has 0 aliphatic heterocycles. The standard InChI is InChI=1S/C15H16BrNS/c1-11(17)9-12-5-7-14(8-6-12)18-15-4-2-3-13(16)10-15/h2-8,10-11H,9,17H2,1H3. The normalized spacial score (nSPS) is 12.4. The molecule has 2 aromatic carbocycles. The second kappa shape index (κ2) is 6.41. The molecule has 18 heavy (non-hydrogen) atoms. The van der Waals surface area contributed by atoms with E-state index in [1.807, 2.05) is 13.0 Å². The molecule has 1 nitrogen and oxygen atoms in total. The van der Waals surface area contributed by atoms with Crippen molar-refractivity contribution in [2.45, 2.75) is 29.2 Å². The van der Waals surface area contributed by atoms with Crippen molar-refractivity contribution in [2.24, 2.45) is 5.73 Å². The van der Waals surface area contributed by atoms with Crippen LogP contribution in [0.15, 0.2) is 62.8 Å².